The van der Waals surface area contributed by atoms with E-state index >= 15 is 0 Å². The first-order valence-corrected chi connectivity index (χ1v) is 11.9. The van der Waals surface area contributed by atoms with E-state index in [9.17, 15) is 25.0 Å². The van der Waals surface area contributed by atoms with Crippen LogP contribution in [0.4, 0.5) is 5.69 Å². The Balaban J connectivity index is 1.54. The van der Waals surface area contributed by atoms with E-state index in [1.54, 1.807) is 24.3 Å². The number of carbonyl (C=O) groups excluding carboxylic acids is 2. The number of nitriles is 1. The number of likely N-dealkylation sites (tertiary alicyclic amines) is 1. The molecule has 0 bridgehead atoms. The van der Waals surface area contributed by atoms with Crippen molar-refractivity contribution >= 4 is 40.0 Å². The van der Waals surface area contributed by atoms with E-state index in [0.717, 1.165) is 25.3 Å². The number of amides is 1. The first kappa shape index (κ1) is 25.8. The second kappa shape index (κ2) is 11.2. The van der Waals surface area contributed by atoms with E-state index in [2.05, 4.69) is 9.97 Å². The Labute approximate surface area is 216 Å². The zero-order chi connectivity index (χ0) is 26.5. The smallest absolute Gasteiger partial charge is 0.311 e. The average molecular weight is 524 g/mol. The summed E-state index contributed by atoms with van der Waals surface area (Å²) in [7, 11) is 0. The number of nitrogens with zero attached hydrogens (tertiary/aromatic N) is 5. The highest BCUT2D eigenvalue weighted by Crippen LogP contribution is 2.34. The van der Waals surface area contributed by atoms with Gasteiger partial charge in [0, 0.05) is 30.2 Å². The SMILES string of the molecule is CC(Oc1cc(Oc2cnc3cc(Cl)ccc3n2)ccc1[N+](=O)[O-])C(=O)C(C#N)C(=O)N1CCCCC1. The highest BCUT2D eigenvalue weighted by atomic mass is 35.5. The van der Waals surface area contributed by atoms with Gasteiger partial charge in [0.1, 0.15) is 5.75 Å². The highest BCUT2D eigenvalue weighted by Gasteiger charge is 2.35. The highest BCUT2D eigenvalue weighted by molar-refractivity contribution is 6.31. The molecule has 1 saturated heterocycles. The molecule has 2 heterocycles. The molecule has 190 valence electrons. The lowest BCUT2D eigenvalue weighted by Crippen LogP contribution is -2.44. The molecule has 1 aliphatic rings. The summed E-state index contributed by atoms with van der Waals surface area (Å²) in [6.45, 7) is 2.30. The van der Waals surface area contributed by atoms with Crippen LogP contribution in [0, 0.1) is 27.4 Å². The molecule has 4 rings (SSSR count). The first-order valence-electron chi connectivity index (χ1n) is 11.5. The zero-order valence-corrected chi connectivity index (χ0v) is 20.6. The van der Waals surface area contributed by atoms with Crippen LogP contribution < -0.4 is 9.47 Å². The van der Waals surface area contributed by atoms with Gasteiger partial charge in [-0.15, -0.1) is 0 Å². The third kappa shape index (κ3) is 5.92. The number of hydrogen-bond donors (Lipinski definition) is 0. The molecule has 0 aliphatic carbocycles. The second-order valence-electron chi connectivity index (χ2n) is 8.44. The van der Waals surface area contributed by atoms with Gasteiger partial charge in [-0.25, -0.2) is 9.97 Å². The lowest BCUT2D eigenvalue weighted by molar-refractivity contribution is -0.386. The van der Waals surface area contributed by atoms with Gasteiger partial charge >= 0.3 is 5.69 Å². The number of carbonyl (C=O) groups is 2. The molecule has 3 aromatic rings. The van der Waals surface area contributed by atoms with Crippen LogP contribution in [-0.4, -0.2) is 50.7 Å². The second-order valence-corrected chi connectivity index (χ2v) is 8.88. The topological polar surface area (TPSA) is 149 Å². The van der Waals surface area contributed by atoms with Crippen LogP contribution in [-0.2, 0) is 9.59 Å². The van der Waals surface area contributed by atoms with Gasteiger partial charge in [-0.05, 0) is 50.5 Å². The molecule has 0 saturated carbocycles. The Morgan fingerprint density at radius 2 is 1.92 bits per heavy atom. The Morgan fingerprint density at radius 3 is 2.62 bits per heavy atom. The minimum Gasteiger partial charge on any atom is -0.476 e. The first-order chi connectivity index (χ1) is 17.8. The number of halogens is 1. The van der Waals surface area contributed by atoms with Crippen LogP contribution in [0.15, 0.2) is 42.6 Å². The van der Waals surface area contributed by atoms with Crippen molar-refractivity contribution in [3.63, 3.8) is 0 Å². The van der Waals surface area contributed by atoms with E-state index in [1.165, 1.54) is 30.2 Å². The number of piperidine rings is 1. The van der Waals surface area contributed by atoms with Crippen LogP contribution >= 0.6 is 11.6 Å². The van der Waals surface area contributed by atoms with Gasteiger partial charge in [-0.3, -0.25) is 19.7 Å². The molecule has 1 fully saturated rings. The number of hydrogen-bond acceptors (Lipinski definition) is 9. The van der Waals surface area contributed by atoms with Crippen LogP contribution in [0.25, 0.3) is 11.0 Å². The minimum absolute atomic E-state index is 0.121. The fraction of sp³-hybridized carbons (Fsp3) is 0.320. The van der Waals surface area contributed by atoms with Crippen molar-refractivity contribution in [2.75, 3.05) is 13.1 Å². The van der Waals surface area contributed by atoms with Crippen LogP contribution in [0.2, 0.25) is 5.02 Å². The van der Waals surface area contributed by atoms with Crippen molar-refractivity contribution in [1.82, 2.24) is 14.9 Å². The third-order valence-corrected chi connectivity index (χ3v) is 6.10. The predicted molar refractivity (Wildman–Crippen MR) is 132 cm³/mol. The lowest BCUT2D eigenvalue weighted by Gasteiger charge is -2.28. The van der Waals surface area contributed by atoms with Crippen molar-refractivity contribution in [2.24, 2.45) is 5.92 Å². The molecule has 0 radical (unpaired) electrons. The fourth-order valence-corrected chi connectivity index (χ4v) is 4.13. The van der Waals surface area contributed by atoms with E-state index < -0.39 is 34.3 Å². The summed E-state index contributed by atoms with van der Waals surface area (Å²) < 4.78 is 11.3. The van der Waals surface area contributed by atoms with Gasteiger partial charge in [0.25, 0.3) is 0 Å². The fourth-order valence-electron chi connectivity index (χ4n) is 3.96. The summed E-state index contributed by atoms with van der Waals surface area (Å²) in [6, 6.07) is 10.5. The maximum Gasteiger partial charge on any atom is 0.311 e. The van der Waals surface area contributed by atoms with Crippen LogP contribution in [0.5, 0.6) is 17.4 Å². The Morgan fingerprint density at radius 1 is 1.16 bits per heavy atom. The van der Waals surface area contributed by atoms with Gasteiger partial charge in [-0.2, -0.15) is 5.26 Å². The summed E-state index contributed by atoms with van der Waals surface area (Å²) in [6.07, 6.45) is 2.65. The van der Waals surface area contributed by atoms with Crippen molar-refractivity contribution in [3.05, 3.63) is 57.7 Å². The van der Waals surface area contributed by atoms with Gasteiger partial charge in [0.15, 0.2) is 17.8 Å². The number of ketones is 1. The molecule has 2 unspecified atom stereocenters. The van der Waals surface area contributed by atoms with E-state index in [4.69, 9.17) is 21.1 Å². The molecular weight excluding hydrogens is 502 g/mol. The third-order valence-electron chi connectivity index (χ3n) is 5.87. The monoisotopic (exact) mass is 523 g/mol. The number of nitro groups is 1. The maximum absolute atomic E-state index is 12.9. The number of benzene rings is 2. The Kier molecular flexibility index (Phi) is 7.79. The van der Waals surface area contributed by atoms with Gasteiger partial charge in [-0.1, -0.05) is 11.6 Å². The number of nitro benzene ring substituents is 1. The standard InChI is InChI=1S/C25H22ClN5O6/c1-15(24(32)18(13-27)25(33)30-9-3-2-4-10-30)36-22-12-17(6-8-21(22)31(34)35)37-23-14-28-20-11-16(26)5-7-19(20)29-23/h5-8,11-12,14-15,18H,2-4,9-10H2,1H3. The van der Waals surface area contributed by atoms with E-state index in [1.807, 2.05) is 0 Å². The number of aromatic nitrogens is 2. The van der Waals surface area contributed by atoms with Crippen molar-refractivity contribution < 1.29 is 24.0 Å². The van der Waals surface area contributed by atoms with Crippen LogP contribution in [0.3, 0.4) is 0 Å². The number of Topliss-reactive ketones (excluding diaryl/α,β-unsaturated/α-hetero) is 1. The van der Waals surface area contributed by atoms with Gasteiger partial charge in [0.05, 0.1) is 28.2 Å². The average Bonchev–Trinajstić information content (AvgIpc) is 2.89. The molecule has 0 N–H and O–H groups in total. The van der Waals surface area contributed by atoms with Crippen molar-refractivity contribution in [3.8, 4) is 23.4 Å². The molecule has 0 spiro atoms. The van der Waals surface area contributed by atoms with Crippen molar-refractivity contribution in [2.45, 2.75) is 32.3 Å². The maximum atomic E-state index is 12.9. The van der Waals surface area contributed by atoms with Gasteiger partial charge in [0.2, 0.25) is 17.5 Å². The molecule has 37 heavy (non-hydrogen) atoms. The molecular formula is C25H22ClN5O6. The molecule has 2 atom stereocenters. The largest absolute Gasteiger partial charge is 0.476 e. The quantitative estimate of drug-likeness (QED) is 0.236. The molecule has 2 aromatic carbocycles. The molecule has 1 amide bonds. The normalized spacial score (nSPS) is 14.9. The lowest BCUT2D eigenvalue weighted by atomic mass is 9.99. The number of rotatable bonds is 8. The number of ether oxygens (including phenoxy) is 2. The Hall–Kier alpha value is -4.30. The molecule has 11 nitrogen and oxygen atoms in total. The van der Waals surface area contributed by atoms with E-state index in [-0.39, 0.29) is 17.4 Å². The summed E-state index contributed by atoms with van der Waals surface area (Å²) in [5.74, 6) is -2.92. The minimum atomic E-state index is -1.56. The molecule has 12 heteroatoms. The van der Waals surface area contributed by atoms with E-state index in [0.29, 0.717) is 29.1 Å². The number of fused-ring (bicyclic) bond motifs is 1. The summed E-state index contributed by atoms with van der Waals surface area (Å²) in [5.41, 5.74) is 0.675. The summed E-state index contributed by atoms with van der Waals surface area (Å²) >= 11 is 5.96. The zero-order valence-electron chi connectivity index (χ0n) is 19.8. The van der Waals surface area contributed by atoms with Crippen molar-refractivity contribution in [1.29, 1.82) is 5.26 Å². The Bertz CT molecular complexity index is 1400. The van der Waals surface area contributed by atoms with Gasteiger partial charge < -0.3 is 14.4 Å². The predicted octanol–water partition coefficient (Wildman–Crippen LogP) is 4.47. The summed E-state index contributed by atoms with van der Waals surface area (Å²) in [5, 5.41) is 21.6. The van der Waals surface area contributed by atoms with Crippen LogP contribution in [0.1, 0.15) is 26.2 Å². The summed E-state index contributed by atoms with van der Waals surface area (Å²) in [4.78, 5) is 46.7. The molecule has 1 aromatic heterocycles. The molecule has 1 aliphatic heterocycles.